The summed E-state index contributed by atoms with van der Waals surface area (Å²) in [4.78, 5) is 0. The van der Waals surface area contributed by atoms with E-state index in [9.17, 15) is 5.11 Å². The van der Waals surface area contributed by atoms with Crippen LogP contribution in [0.5, 0.6) is 5.75 Å². The Balaban J connectivity index is 2.22. The highest BCUT2D eigenvalue weighted by Gasteiger charge is 2.04. The van der Waals surface area contributed by atoms with Gasteiger partial charge in [-0.05, 0) is 17.7 Å². The molecule has 3 heteroatoms. The normalized spacial score (nSPS) is 10.8. The van der Waals surface area contributed by atoms with Crippen LogP contribution in [0, 0.1) is 0 Å². The number of phenols is 1. The van der Waals surface area contributed by atoms with Gasteiger partial charge in [0.1, 0.15) is 5.75 Å². The van der Waals surface area contributed by atoms with Gasteiger partial charge >= 0.3 is 0 Å². The topological polar surface area (TPSA) is 48.9 Å². The lowest BCUT2D eigenvalue weighted by atomic mass is 10.0. The molecule has 0 saturated heterocycles. The molecule has 0 aliphatic heterocycles. The minimum Gasteiger partial charge on any atom is -0.507 e. The quantitative estimate of drug-likeness (QED) is 0.648. The molecule has 16 heavy (non-hydrogen) atoms. The average Bonchev–Trinajstić information content (AvgIpc) is 2.76. The van der Waals surface area contributed by atoms with Gasteiger partial charge in [-0.1, -0.05) is 30.3 Å². The number of nitrogens with one attached hydrogen (secondary N) is 1. The van der Waals surface area contributed by atoms with Crippen LogP contribution >= 0.6 is 0 Å². The van der Waals surface area contributed by atoms with Crippen LogP contribution in [0.1, 0.15) is 0 Å². The highest BCUT2D eigenvalue weighted by molar-refractivity contribution is 5.84. The maximum absolute atomic E-state index is 9.76. The number of nitrogens with zero attached hydrogens (tertiary/aromatic N) is 1. The Hall–Kier alpha value is -2.29. The van der Waals surface area contributed by atoms with Crippen LogP contribution in [0.15, 0.2) is 48.7 Å². The van der Waals surface area contributed by atoms with Crippen LogP contribution in [0.2, 0.25) is 0 Å². The van der Waals surface area contributed by atoms with Crippen molar-refractivity contribution in [1.82, 2.24) is 10.2 Å². The zero-order valence-electron chi connectivity index (χ0n) is 8.51. The average molecular weight is 210 g/mol. The largest absolute Gasteiger partial charge is 0.507 e. The Morgan fingerprint density at radius 3 is 2.81 bits per heavy atom. The van der Waals surface area contributed by atoms with Gasteiger partial charge in [-0.25, -0.2) is 0 Å². The molecule has 0 unspecified atom stereocenters. The Kier molecular flexibility index (Phi) is 1.90. The Labute approximate surface area is 92.4 Å². The number of aromatic nitrogens is 2. The van der Waals surface area contributed by atoms with Crippen LogP contribution in [0.4, 0.5) is 0 Å². The van der Waals surface area contributed by atoms with E-state index in [1.165, 1.54) is 0 Å². The molecule has 78 valence electrons. The molecule has 0 aliphatic rings. The van der Waals surface area contributed by atoms with Gasteiger partial charge in [-0.15, -0.1) is 0 Å². The van der Waals surface area contributed by atoms with Crippen LogP contribution < -0.4 is 0 Å². The van der Waals surface area contributed by atoms with Crippen LogP contribution in [0.25, 0.3) is 22.0 Å². The Morgan fingerprint density at radius 1 is 1.06 bits per heavy atom. The van der Waals surface area contributed by atoms with Crippen molar-refractivity contribution in [2.45, 2.75) is 0 Å². The molecule has 0 atom stereocenters. The molecule has 0 spiro atoms. The molecule has 0 amide bonds. The van der Waals surface area contributed by atoms with Gasteiger partial charge in [0.15, 0.2) is 0 Å². The van der Waals surface area contributed by atoms with E-state index >= 15 is 0 Å². The van der Waals surface area contributed by atoms with Gasteiger partial charge in [0.05, 0.1) is 11.7 Å². The van der Waals surface area contributed by atoms with Crippen LogP contribution in [0.3, 0.4) is 0 Å². The summed E-state index contributed by atoms with van der Waals surface area (Å²) in [6, 6.07) is 13.3. The molecule has 3 aromatic rings. The lowest BCUT2D eigenvalue weighted by Gasteiger charge is -2.03. The third-order valence-corrected chi connectivity index (χ3v) is 2.66. The van der Waals surface area contributed by atoms with Crippen molar-refractivity contribution in [3.8, 4) is 16.9 Å². The Bertz CT molecular complexity index is 643. The maximum Gasteiger partial charge on any atom is 0.123 e. The summed E-state index contributed by atoms with van der Waals surface area (Å²) in [6.07, 6.45) is 1.78. The summed E-state index contributed by atoms with van der Waals surface area (Å²) < 4.78 is 0. The SMILES string of the molecule is Oc1ccccc1-c1ccc2cn[nH]c2c1. The van der Waals surface area contributed by atoms with Crippen LogP contribution in [-0.2, 0) is 0 Å². The van der Waals surface area contributed by atoms with Gasteiger partial charge in [0.2, 0.25) is 0 Å². The highest BCUT2D eigenvalue weighted by Crippen LogP contribution is 2.30. The zero-order valence-corrected chi connectivity index (χ0v) is 8.51. The summed E-state index contributed by atoms with van der Waals surface area (Å²) in [5, 5.41) is 17.7. The predicted molar refractivity (Wildman–Crippen MR) is 63.2 cm³/mol. The van der Waals surface area contributed by atoms with E-state index in [0.29, 0.717) is 5.75 Å². The van der Waals surface area contributed by atoms with Gasteiger partial charge in [0.25, 0.3) is 0 Å². The number of para-hydroxylation sites is 1. The summed E-state index contributed by atoms with van der Waals surface area (Å²) in [5.41, 5.74) is 2.79. The molecule has 0 saturated carbocycles. The fourth-order valence-corrected chi connectivity index (χ4v) is 1.82. The first-order valence-electron chi connectivity index (χ1n) is 5.06. The van der Waals surface area contributed by atoms with Crippen molar-refractivity contribution >= 4 is 10.9 Å². The first-order chi connectivity index (χ1) is 7.84. The lowest BCUT2D eigenvalue weighted by Crippen LogP contribution is -1.79. The molecule has 0 bridgehead atoms. The number of benzene rings is 2. The van der Waals surface area contributed by atoms with Gasteiger partial charge in [0, 0.05) is 10.9 Å². The van der Waals surface area contributed by atoms with Crippen molar-refractivity contribution in [3.63, 3.8) is 0 Å². The first-order valence-corrected chi connectivity index (χ1v) is 5.06. The third-order valence-electron chi connectivity index (χ3n) is 2.66. The van der Waals surface area contributed by atoms with E-state index in [1.807, 2.05) is 36.4 Å². The van der Waals surface area contributed by atoms with E-state index < -0.39 is 0 Å². The van der Waals surface area contributed by atoms with Crippen LogP contribution in [-0.4, -0.2) is 15.3 Å². The maximum atomic E-state index is 9.76. The second kappa shape index (κ2) is 3.38. The molecule has 3 nitrogen and oxygen atoms in total. The number of aromatic amines is 1. The predicted octanol–water partition coefficient (Wildman–Crippen LogP) is 2.94. The first kappa shape index (κ1) is 8.97. The highest BCUT2D eigenvalue weighted by atomic mass is 16.3. The molecule has 2 aromatic carbocycles. The van der Waals surface area contributed by atoms with Crippen molar-refractivity contribution < 1.29 is 5.11 Å². The van der Waals surface area contributed by atoms with E-state index in [1.54, 1.807) is 12.3 Å². The summed E-state index contributed by atoms with van der Waals surface area (Å²) >= 11 is 0. The van der Waals surface area contributed by atoms with Gasteiger partial charge in [-0.3, -0.25) is 5.10 Å². The molecule has 0 radical (unpaired) electrons. The van der Waals surface area contributed by atoms with E-state index in [0.717, 1.165) is 22.0 Å². The van der Waals surface area contributed by atoms with Crippen molar-refractivity contribution in [2.75, 3.05) is 0 Å². The third kappa shape index (κ3) is 1.34. The number of phenolic OH excluding ortho intramolecular Hbond substituents is 1. The summed E-state index contributed by atoms with van der Waals surface area (Å²) in [6.45, 7) is 0. The second-order valence-electron chi connectivity index (χ2n) is 3.69. The fourth-order valence-electron chi connectivity index (χ4n) is 1.82. The minimum absolute atomic E-state index is 0.293. The van der Waals surface area contributed by atoms with Crippen molar-refractivity contribution in [2.24, 2.45) is 0 Å². The molecule has 3 rings (SSSR count). The van der Waals surface area contributed by atoms with Crippen molar-refractivity contribution in [3.05, 3.63) is 48.7 Å². The van der Waals surface area contributed by atoms with Gasteiger partial charge in [-0.2, -0.15) is 5.10 Å². The number of fused-ring (bicyclic) bond motifs is 1. The minimum atomic E-state index is 0.293. The van der Waals surface area contributed by atoms with E-state index in [4.69, 9.17) is 0 Å². The monoisotopic (exact) mass is 210 g/mol. The number of aromatic hydroxyl groups is 1. The van der Waals surface area contributed by atoms with E-state index in [-0.39, 0.29) is 0 Å². The molecule has 0 aliphatic carbocycles. The number of H-pyrrole nitrogens is 1. The molecule has 0 fully saturated rings. The number of hydrogen-bond acceptors (Lipinski definition) is 2. The van der Waals surface area contributed by atoms with Gasteiger partial charge < -0.3 is 5.11 Å². The standard InChI is InChI=1S/C13H10N2O/c16-13-4-2-1-3-11(13)9-5-6-10-8-14-15-12(10)7-9/h1-8,16H,(H,14,15). The fraction of sp³-hybridized carbons (Fsp3) is 0. The van der Waals surface area contributed by atoms with Crippen molar-refractivity contribution in [1.29, 1.82) is 0 Å². The van der Waals surface area contributed by atoms with E-state index in [2.05, 4.69) is 10.2 Å². The summed E-state index contributed by atoms with van der Waals surface area (Å²) in [7, 11) is 0. The molecule has 2 N–H and O–H groups in total. The number of hydrogen-bond donors (Lipinski definition) is 2. The molecule has 1 heterocycles. The lowest BCUT2D eigenvalue weighted by molar-refractivity contribution is 0.477. The number of rotatable bonds is 1. The molecular weight excluding hydrogens is 200 g/mol. The zero-order chi connectivity index (χ0) is 11.0. The second-order valence-corrected chi connectivity index (χ2v) is 3.69. The molecule has 1 aromatic heterocycles. The summed E-state index contributed by atoms with van der Waals surface area (Å²) in [5.74, 6) is 0.293. The smallest absolute Gasteiger partial charge is 0.123 e. The molecular formula is C13H10N2O. The Morgan fingerprint density at radius 2 is 1.94 bits per heavy atom.